The van der Waals surface area contributed by atoms with Gasteiger partial charge < -0.3 is 10.0 Å². The van der Waals surface area contributed by atoms with Crippen LogP contribution in [0, 0.1) is 12.8 Å². The quantitative estimate of drug-likeness (QED) is 0.800. The highest BCUT2D eigenvalue weighted by molar-refractivity contribution is 6.28. The molecule has 5 heteroatoms. The van der Waals surface area contributed by atoms with E-state index in [9.17, 15) is 5.11 Å². The zero-order valence-corrected chi connectivity index (χ0v) is 10.1. The Morgan fingerprint density at radius 1 is 1.56 bits per heavy atom. The molecule has 0 spiro atoms. The van der Waals surface area contributed by atoms with E-state index in [2.05, 4.69) is 14.9 Å². The number of aromatic nitrogens is 2. The fourth-order valence-corrected chi connectivity index (χ4v) is 2.32. The molecule has 0 unspecified atom stereocenters. The van der Waals surface area contributed by atoms with Crippen LogP contribution in [0.25, 0.3) is 0 Å². The van der Waals surface area contributed by atoms with Gasteiger partial charge in [-0.1, -0.05) is 0 Å². The average Bonchev–Trinajstić information content (AvgIpc) is 2.28. The maximum Gasteiger partial charge on any atom is 0.224 e. The van der Waals surface area contributed by atoms with Crippen LogP contribution in [0.1, 0.15) is 18.5 Å². The molecule has 0 aliphatic carbocycles. The summed E-state index contributed by atoms with van der Waals surface area (Å²) in [6, 6.07) is 1.94. The van der Waals surface area contributed by atoms with Crippen LogP contribution in [0.15, 0.2) is 6.07 Å². The first kappa shape index (κ1) is 11.6. The van der Waals surface area contributed by atoms with Gasteiger partial charge in [-0.2, -0.15) is 0 Å². The molecule has 1 atom stereocenters. The largest absolute Gasteiger partial charge is 0.396 e. The van der Waals surface area contributed by atoms with E-state index in [0.717, 1.165) is 37.4 Å². The number of nitrogens with zero attached hydrogens (tertiary/aromatic N) is 3. The molecule has 1 fully saturated rings. The summed E-state index contributed by atoms with van der Waals surface area (Å²) >= 11 is 5.84. The molecule has 0 bridgehead atoms. The highest BCUT2D eigenvalue weighted by Crippen LogP contribution is 2.22. The van der Waals surface area contributed by atoms with Crippen molar-refractivity contribution in [2.75, 3.05) is 24.6 Å². The average molecular weight is 242 g/mol. The van der Waals surface area contributed by atoms with Gasteiger partial charge in [-0.3, -0.25) is 0 Å². The molecule has 0 saturated carbocycles. The molecule has 4 nitrogen and oxygen atoms in total. The second-order valence-electron chi connectivity index (χ2n) is 4.27. The summed E-state index contributed by atoms with van der Waals surface area (Å²) in [7, 11) is 0. The lowest BCUT2D eigenvalue weighted by molar-refractivity contribution is 0.208. The normalized spacial score (nSPS) is 21.2. The number of hydrogen-bond donors (Lipinski definition) is 1. The van der Waals surface area contributed by atoms with Crippen molar-refractivity contribution in [1.82, 2.24) is 9.97 Å². The molecular formula is C11H16ClN3O. The number of aliphatic hydroxyl groups excluding tert-OH is 1. The number of aliphatic hydroxyl groups is 1. The van der Waals surface area contributed by atoms with Gasteiger partial charge in [-0.05, 0) is 37.3 Å². The van der Waals surface area contributed by atoms with Gasteiger partial charge in [0.1, 0.15) is 5.82 Å². The third-order valence-electron chi connectivity index (χ3n) is 2.91. The predicted octanol–water partition coefficient (Wildman–Crippen LogP) is 1.65. The molecule has 16 heavy (non-hydrogen) atoms. The lowest BCUT2D eigenvalue weighted by atomic mass is 9.99. The number of rotatable bonds is 2. The number of anilines is 1. The molecule has 1 aliphatic heterocycles. The van der Waals surface area contributed by atoms with E-state index < -0.39 is 0 Å². The minimum absolute atomic E-state index is 0.244. The van der Waals surface area contributed by atoms with Gasteiger partial charge in [0.2, 0.25) is 5.28 Å². The third-order valence-corrected chi connectivity index (χ3v) is 3.08. The summed E-state index contributed by atoms with van der Waals surface area (Å²) < 4.78 is 0. The fraction of sp³-hybridized carbons (Fsp3) is 0.636. The van der Waals surface area contributed by atoms with E-state index in [1.807, 2.05) is 13.0 Å². The number of aryl methyl sites for hydroxylation is 1. The van der Waals surface area contributed by atoms with E-state index in [0.29, 0.717) is 11.2 Å². The van der Waals surface area contributed by atoms with Crippen LogP contribution in [-0.2, 0) is 0 Å². The van der Waals surface area contributed by atoms with Crippen LogP contribution in [0.4, 0.5) is 5.82 Å². The molecule has 1 saturated heterocycles. The van der Waals surface area contributed by atoms with Gasteiger partial charge in [0.05, 0.1) is 0 Å². The zero-order valence-electron chi connectivity index (χ0n) is 9.36. The lowest BCUT2D eigenvalue weighted by Gasteiger charge is -2.32. The van der Waals surface area contributed by atoms with E-state index in [1.165, 1.54) is 0 Å². The summed E-state index contributed by atoms with van der Waals surface area (Å²) in [6.07, 6.45) is 2.18. The molecule has 1 N–H and O–H groups in total. The minimum atomic E-state index is 0.244. The molecular weight excluding hydrogens is 226 g/mol. The smallest absolute Gasteiger partial charge is 0.224 e. The van der Waals surface area contributed by atoms with Crippen LogP contribution in [0.3, 0.4) is 0 Å². The summed E-state index contributed by atoms with van der Waals surface area (Å²) in [5.74, 6) is 1.22. The van der Waals surface area contributed by atoms with Crippen molar-refractivity contribution in [3.8, 4) is 0 Å². The fourth-order valence-electron chi connectivity index (χ4n) is 2.10. The van der Waals surface area contributed by atoms with Gasteiger partial charge in [-0.25, -0.2) is 9.97 Å². The van der Waals surface area contributed by atoms with Crippen molar-refractivity contribution in [3.63, 3.8) is 0 Å². The van der Waals surface area contributed by atoms with Crippen molar-refractivity contribution >= 4 is 17.4 Å². The molecule has 2 rings (SSSR count). The summed E-state index contributed by atoms with van der Waals surface area (Å²) in [5, 5.41) is 9.47. The SMILES string of the molecule is Cc1cc(N2CCC[C@H](CO)C2)nc(Cl)n1. The van der Waals surface area contributed by atoms with E-state index in [-0.39, 0.29) is 6.61 Å². The molecule has 2 heterocycles. The van der Waals surface area contributed by atoms with E-state index in [4.69, 9.17) is 11.6 Å². The first-order chi connectivity index (χ1) is 7.69. The Bertz CT molecular complexity index is 352. The van der Waals surface area contributed by atoms with Gasteiger partial charge >= 0.3 is 0 Å². The maximum atomic E-state index is 9.18. The summed E-state index contributed by atoms with van der Waals surface area (Å²) in [6.45, 7) is 3.98. The van der Waals surface area contributed by atoms with Crippen molar-refractivity contribution in [3.05, 3.63) is 17.0 Å². The van der Waals surface area contributed by atoms with Crippen molar-refractivity contribution in [2.45, 2.75) is 19.8 Å². The Morgan fingerprint density at radius 2 is 2.38 bits per heavy atom. The first-order valence-corrected chi connectivity index (χ1v) is 5.94. The monoisotopic (exact) mass is 241 g/mol. The standard InChI is InChI=1S/C11H16ClN3O/c1-8-5-10(14-11(12)13-8)15-4-2-3-9(6-15)7-16/h5,9,16H,2-4,6-7H2,1H3/t9-/m0/s1. The Hall–Kier alpha value is -0.870. The highest BCUT2D eigenvalue weighted by atomic mass is 35.5. The second-order valence-corrected chi connectivity index (χ2v) is 4.61. The van der Waals surface area contributed by atoms with Gasteiger partial charge in [-0.15, -0.1) is 0 Å². The van der Waals surface area contributed by atoms with Crippen molar-refractivity contribution in [2.24, 2.45) is 5.92 Å². The molecule has 0 radical (unpaired) electrons. The molecule has 0 amide bonds. The molecule has 1 aromatic heterocycles. The topological polar surface area (TPSA) is 49.2 Å². The van der Waals surface area contributed by atoms with Crippen molar-refractivity contribution in [1.29, 1.82) is 0 Å². The predicted molar refractivity (Wildman–Crippen MR) is 63.8 cm³/mol. The van der Waals surface area contributed by atoms with Gasteiger partial charge in [0.25, 0.3) is 0 Å². The Balaban J connectivity index is 2.16. The van der Waals surface area contributed by atoms with Crippen LogP contribution in [-0.4, -0.2) is 34.8 Å². The Labute approximate surface area is 100 Å². The maximum absolute atomic E-state index is 9.18. The number of piperidine rings is 1. The molecule has 0 aromatic carbocycles. The van der Waals surface area contributed by atoms with Crippen LogP contribution >= 0.6 is 11.6 Å². The molecule has 88 valence electrons. The highest BCUT2D eigenvalue weighted by Gasteiger charge is 2.20. The van der Waals surface area contributed by atoms with Gasteiger partial charge in [0, 0.05) is 31.5 Å². The summed E-state index contributed by atoms with van der Waals surface area (Å²) in [4.78, 5) is 10.4. The number of hydrogen-bond acceptors (Lipinski definition) is 4. The third kappa shape index (κ3) is 2.62. The Kier molecular flexibility index (Phi) is 3.61. The molecule has 1 aliphatic rings. The first-order valence-electron chi connectivity index (χ1n) is 5.56. The van der Waals surface area contributed by atoms with Gasteiger partial charge in [0.15, 0.2) is 0 Å². The van der Waals surface area contributed by atoms with Crippen LogP contribution in [0.2, 0.25) is 5.28 Å². The van der Waals surface area contributed by atoms with Crippen LogP contribution in [0.5, 0.6) is 0 Å². The van der Waals surface area contributed by atoms with Crippen LogP contribution < -0.4 is 4.90 Å². The van der Waals surface area contributed by atoms with E-state index in [1.54, 1.807) is 0 Å². The number of halogens is 1. The van der Waals surface area contributed by atoms with Crippen molar-refractivity contribution < 1.29 is 5.11 Å². The zero-order chi connectivity index (χ0) is 11.5. The lowest BCUT2D eigenvalue weighted by Crippen LogP contribution is -2.37. The van der Waals surface area contributed by atoms with E-state index >= 15 is 0 Å². The summed E-state index contributed by atoms with van der Waals surface area (Å²) in [5.41, 5.74) is 0.876. The second kappa shape index (κ2) is 4.97. The minimum Gasteiger partial charge on any atom is -0.396 e. The molecule has 1 aromatic rings. The Morgan fingerprint density at radius 3 is 3.06 bits per heavy atom.